The average molecular weight is 394 g/mol. The Hall–Kier alpha value is -0.590. The van der Waals surface area contributed by atoms with E-state index in [1.54, 1.807) is 7.05 Å². The van der Waals surface area contributed by atoms with Crippen LogP contribution in [0.3, 0.4) is 0 Å². The SMILES string of the molecule is CCCNCc1cc(Br)c(OCC(=O)NC)c(Br)c1. The summed E-state index contributed by atoms with van der Waals surface area (Å²) < 4.78 is 7.14. The Morgan fingerprint density at radius 1 is 1.32 bits per heavy atom. The Balaban J connectivity index is 2.71. The standard InChI is InChI=1S/C13H18Br2N2O2/c1-3-4-17-7-9-5-10(14)13(11(15)6-9)19-8-12(18)16-2/h5-6,17H,3-4,7-8H2,1-2H3,(H,16,18). The fraction of sp³-hybridized carbons (Fsp3) is 0.462. The third-order valence-electron chi connectivity index (χ3n) is 2.44. The molecule has 106 valence electrons. The molecule has 0 unspecified atom stereocenters. The second-order valence-electron chi connectivity index (χ2n) is 4.03. The zero-order chi connectivity index (χ0) is 14.3. The lowest BCUT2D eigenvalue weighted by atomic mass is 10.2. The number of benzene rings is 1. The summed E-state index contributed by atoms with van der Waals surface area (Å²) in [6.45, 7) is 3.93. The van der Waals surface area contributed by atoms with Crippen LogP contribution in [0.1, 0.15) is 18.9 Å². The Morgan fingerprint density at radius 2 is 1.95 bits per heavy atom. The van der Waals surface area contributed by atoms with Gasteiger partial charge in [-0.15, -0.1) is 0 Å². The van der Waals surface area contributed by atoms with E-state index in [2.05, 4.69) is 49.4 Å². The van der Waals surface area contributed by atoms with Crippen LogP contribution in [0.5, 0.6) is 5.75 Å². The number of hydrogen-bond acceptors (Lipinski definition) is 3. The fourth-order valence-electron chi connectivity index (χ4n) is 1.47. The summed E-state index contributed by atoms with van der Waals surface area (Å²) in [6, 6.07) is 3.99. The normalized spacial score (nSPS) is 10.3. The first-order valence-corrected chi connectivity index (χ1v) is 7.69. The van der Waals surface area contributed by atoms with Gasteiger partial charge in [0.05, 0.1) is 8.95 Å². The maximum atomic E-state index is 11.2. The van der Waals surface area contributed by atoms with Gasteiger partial charge in [-0.05, 0) is 62.5 Å². The molecule has 0 aliphatic heterocycles. The summed E-state index contributed by atoms with van der Waals surface area (Å²) in [4.78, 5) is 11.2. The van der Waals surface area contributed by atoms with Gasteiger partial charge in [0.15, 0.2) is 6.61 Å². The second kappa shape index (κ2) is 8.55. The Labute approximate surface area is 130 Å². The summed E-state index contributed by atoms with van der Waals surface area (Å²) in [7, 11) is 1.58. The monoisotopic (exact) mass is 392 g/mol. The molecule has 0 aliphatic carbocycles. The van der Waals surface area contributed by atoms with Crippen molar-refractivity contribution in [3.8, 4) is 5.75 Å². The van der Waals surface area contributed by atoms with Crippen LogP contribution in [0, 0.1) is 0 Å². The zero-order valence-corrected chi connectivity index (χ0v) is 14.2. The van der Waals surface area contributed by atoms with Crippen molar-refractivity contribution in [3.05, 3.63) is 26.6 Å². The van der Waals surface area contributed by atoms with Gasteiger partial charge in [0.1, 0.15) is 5.75 Å². The van der Waals surface area contributed by atoms with Crippen molar-refractivity contribution < 1.29 is 9.53 Å². The summed E-state index contributed by atoms with van der Waals surface area (Å²) >= 11 is 6.93. The molecular weight excluding hydrogens is 376 g/mol. The molecule has 0 spiro atoms. The number of carbonyl (C=O) groups excluding carboxylic acids is 1. The van der Waals surface area contributed by atoms with Gasteiger partial charge in [-0.2, -0.15) is 0 Å². The van der Waals surface area contributed by atoms with Gasteiger partial charge in [-0.25, -0.2) is 0 Å². The highest BCUT2D eigenvalue weighted by Crippen LogP contribution is 2.34. The van der Waals surface area contributed by atoms with E-state index >= 15 is 0 Å². The summed E-state index contributed by atoms with van der Waals surface area (Å²) in [5.41, 5.74) is 1.15. The molecule has 1 rings (SSSR count). The van der Waals surface area contributed by atoms with Crippen molar-refractivity contribution >= 4 is 37.8 Å². The maximum Gasteiger partial charge on any atom is 0.257 e. The Morgan fingerprint density at radius 3 is 2.47 bits per heavy atom. The highest BCUT2D eigenvalue weighted by molar-refractivity contribution is 9.11. The van der Waals surface area contributed by atoms with Crippen molar-refractivity contribution in [3.63, 3.8) is 0 Å². The van der Waals surface area contributed by atoms with Crippen LogP contribution in [0.15, 0.2) is 21.1 Å². The number of halogens is 2. The van der Waals surface area contributed by atoms with E-state index in [1.807, 2.05) is 12.1 Å². The third kappa shape index (κ3) is 5.50. The van der Waals surface area contributed by atoms with Crippen molar-refractivity contribution in [2.24, 2.45) is 0 Å². The molecule has 0 fully saturated rings. The first kappa shape index (κ1) is 16.5. The number of likely N-dealkylation sites (N-methyl/N-ethyl adjacent to an activating group) is 1. The minimum atomic E-state index is -0.160. The van der Waals surface area contributed by atoms with E-state index in [9.17, 15) is 4.79 Å². The third-order valence-corrected chi connectivity index (χ3v) is 3.62. The van der Waals surface area contributed by atoms with E-state index in [1.165, 1.54) is 0 Å². The topological polar surface area (TPSA) is 50.4 Å². The van der Waals surface area contributed by atoms with Crippen molar-refractivity contribution in [1.82, 2.24) is 10.6 Å². The van der Waals surface area contributed by atoms with Crippen molar-refractivity contribution in [2.45, 2.75) is 19.9 Å². The van der Waals surface area contributed by atoms with Crippen LogP contribution in [0.4, 0.5) is 0 Å². The predicted molar refractivity (Wildman–Crippen MR) is 83.4 cm³/mol. The summed E-state index contributed by atoms with van der Waals surface area (Å²) in [6.07, 6.45) is 1.11. The highest BCUT2D eigenvalue weighted by atomic mass is 79.9. The lowest BCUT2D eigenvalue weighted by Gasteiger charge is -2.12. The molecule has 0 bridgehead atoms. The van der Waals surface area contributed by atoms with Crippen LogP contribution < -0.4 is 15.4 Å². The van der Waals surface area contributed by atoms with Gasteiger partial charge < -0.3 is 15.4 Å². The number of ether oxygens (including phenoxy) is 1. The molecule has 19 heavy (non-hydrogen) atoms. The van der Waals surface area contributed by atoms with E-state index in [0.29, 0.717) is 5.75 Å². The first-order valence-electron chi connectivity index (χ1n) is 6.10. The quantitative estimate of drug-likeness (QED) is 0.700. The van der Waals surface area contributed by atoms with Gasteiger partial charge in [-0.1, -0.05) is 6.92 Å². The van der Waals surface area contributed by atoms with Crippen LogP contribution in [0.2, 0.25) is 0 Å². The largest absolute Gasteiger partial charge is 0.481 e. The van der Waals surface area contributed by atoms with Gasteiger partial charge in [0.25, 0.3) is 5.91 Å². The smallest absolute Gasteiger partial charge is 0.257 e. The molecular formula is C13H18Br2N2O2. The van der Waals surface area contributed by atoms with Crippen molar-refractivity contribution in [1.29, 1.82) is 0 Å². The number of carbonyl (C=O) groups is 1. The average Bonchev–Trinajstić information content (AvgIpc) is 2.37. The van der Waals surface area contributed by atoms with Crippen LogP contribution in [-0.4, -0.2) is 26.1 Å². The highest BCUT2D eigenvalue weighted by Gasteiger charge is 2.10. The second-order valence-corrected chi connectivity index (χ2v) is 5.74. The van der Waals surface area contributed by atoms with Gasteiger partial charge in [0.2, 0.25) is 0 Å². The Kier molecular flexibility index (Phi) is 7.41. The molecule has 0 heterocycles. The molecule has 4 nitrogen and oxygen atoms in total. The van der Waals surface area contributed by atoms with E-state index < -0.39 is 0 Å². The molecule has 0 atom stereocenters. The molecule has 0 aliphatic rings. The van der Waals surface area contributed by atoms with Gasteiger partial charge >= 0.3 is 0 Å². The molecule has 1 amide bonds. The minimum Gasteiger partial charge on any atom is -0.481 e. The maximum absolute atomic E-state index is 11.2. The van der Waals surface area contributed by atoms with E-state index in [4.69, 9.17) is 4.74 Å². The minimum absolute atomic E-state index is 0.00112. The lowest BCUT2D eigenvalue weighted by molar-refractivity contribution is -0.122. The van der Waals surface area contributed by atoms with Crippen LogP contribution >= 0.6 is 31.9 Å². The van der Waals surface area contributed by atoms with Crippen LogP contribution in [-0.2, 0) is 11.3 Å². The predicted octanol–water partition coefficient (Wildman–Crippen LogP) is 2.84. The lowest BCUT2D eigenvalue weighted by Crippen LogP contribution is -2.25. The molecule has 6 heteroatoms. The van der Waals surface area contributed by atoms with Gasteiger partial charge in [0, 0.05) is 13.6 Å². The molecule has 1 aromatic carbocycles. The molecule has 1 aromatic rings. The molecule has 0 saturated heterocycles. The fourth-order valence-corrected chi connectivity index (χ4v) is 2.98. The van der Waals surface area contributed by atoms with E-state index in [0.717, 1.165) is 34.0 Å². The molecule has 0 aromatic heterocycles. The van der Waals surface area contributed by atoms with Gasteiger partial charge in [-0.3, -0.25) is 4.79 Å². The molecule has 0 radical (unpaired) electrons. The van der Waals surface area contributed by atoms with Crippen LogP contribution in [0.25, 0.3) is 0 Å². The zero-order valence-electron chi connectivity index (χ0n) is 11.1. The number of rotatable bonds is 7. The Bertz CT molecular complexity index is 416. The molecule has 0 saturated carbocycles. The number of nitrogens with one attached hydrogen (secondary N) is 2. The summed E-state index contributed by atoms with van der Waals surface area (Å²) in [5.74, 6) is 0.482. The van der Waals surface area contributed by atoms with Crippen molar-refractivity contribution in [2.75, 3.05) is 20.2 Å². The first-order chi connectivity index (χ1) is 9.08. The van der Waals surface area contributed by atoms with E-state index in [-0.39, 0.29) is 12.5 Å². The summed E-state index contributed by atoms with van der Waals surface area (Å²) in [5, 5.41) is 5.85. The number of amides is 1. The number of hydrogen-bond donors (Lipinski definition) is 2. The molecule has 2 N–H and O–H groups in total.